The van der Waals surface area contributed by atoms with E-state index in [1.54, 1.807) is 0 Å². The molecule has 31 heavy (non-hydrogen) atoms. The van der Waals surface area contributed by atoms with E-state index < -0.39 is 0 Å². The van der Waals surface area contributed by atoms with Crippen LogP contribution in [0.1, 0.15) is 45.6 Å². The first-order valence-electron chi connectivity index (χ1n) is 10.9. The molecule has 0 N–H and O–H groups in total. The van der Waals surface area contributed by atoms with Crippen molar-refractivity contribution < 1.29 is 23.8 Å². The van der Waals surface area contributed by atoms with Crippen molar-refractivity contribution >= 4 is 34.9 Å². The van der Waals surface area contributed by atoms with Gasteiger partial charge in [0, 0.05) is 13.1 Å². The molecule has 0 aromatic heterocycles. The predicted octanol–water partition coefficient (Wildman–Crippen LogP) is 4.12. The lowest BCUT2D eigenvalue weighted by Gasteiger charge is -2.31. The Morgan fingerprint density at radius 1 is 1.16 bits per heavy atom. The zero-order chi connectivity index (χ0) is 22.2. The molecule has 1 aromatic rings. The van der Waals surface area contributed by atoms with Crippen LogP contribution in [0.15, 0.2) is 28.1 Å². The number of thioether (sulfide) groups is 1. The number of piperidine rings is 1. The van der Waals surface area contributed by atoms with Crippen LogP contribution in [0, 0.1) is 5.92 Å². The summed E-state index contributed by atoms with van der Waals surface area (Å²) in [6, 6.07) is 5.68. The summed E-state index contributed by atoms with van der Waals surface area (Å²) < 4.78 is 16.6. The maximum absolute atomic E-state index is 12.5. The molecule has 1 aromatic carbocycles. The molecule has 1 amide bonds. The lowest BCUT2D eigenvalue weighted by atomic mass is 9.97. The SMILES string of the molecule is CCCOc1ccc(/C=C2/SC(N3CCC(C(=O)OCC)CC3)=NC2=O)cc1OCC. The van der Waals surface area contributed by atoms with E-state index >= 15 is 0 Å². The first kappa shape index (κ1) is 23.2. The Morgan fingerprint density at radius 2 is 1.94 bits per heavy atom. The normalized spacial score (nSPS) is 18.3. The Hall–Kier alpha value is -2.48. The number of carbonyl (C=O) groups is 2. The highest BCUT2D eigenvalue weighted by atomic mass is 32.2. The number of carbonyl (C=O) groups excluding carboxylic acids is 2. The van der Waals surface area contributed by atoms with Gasteiger partial charge in [0.2, 0.25) is 0 Å². The minimum Gasteiger partial charge on any atom is -0.490 e. The Bertz CT molecular complexity index is 860. The van der Waals surface area contributed by atoms with Crippen molar-refractivity contribution in [2.45, 2.75) is 40.0 Å². The number of esters is 1. The number of nitrogens with zero attached hydrogens (tertiary/aromatic N) is 2. The summed E-state index contributed by atoms with van der Waals surface area (Å²) >= 11 is 1.38. The van der Waals surface area contributed by atoms with E-state index in [2.05, 4.69) is 16.8 Å². The molecule has 8 heteroatoms. The van der Waals surface area contributed by atoms with Gasteiger partial charge in [-0.1, -0.05) is 13.0 Å². The molecule has 3 rings (SSSR count). The summed E-state index contributed by atoms with van der Waals surface area (Å²) in [6.45, 7) is 8.74. The smallest absolute Gasteiger partial charge is 0.309 e. The maximum Gasteiger partial charge on any atom is 0.309 e. The molecule has 0 atom stereocenters. The summed E-state index contributed by atoms with van der Waals surface area (Å²) in [6.07, 6.45) is 4.17. The molecule has 1 saturated heterocycles. The maximum atomic E-state index is 12.5. The second kappa shape index (κ2) is 11.2. The second-order valence-electron chi connectivity index (χ2n) is 7.31. The van der Waals surface area contributed by atoms with Gasteiger partial charge in [0.15, 0.2) is 16.7 Å². The molecule has 0 radical (unpaired) electrons. The number of rotatable bonds is 8. The van der Waals surface area contributed by atoms with Gasteiger partial charge in [0.1, 0.15) is 0 Å². The van der Waals surface area contributed by atoms with Crippen LogP contribution in [0.25, 0.3) is 6.08 Å². The number of likely N-dealkylation sites (tertiary alicyclic amines) is 1. The monoisotopic (exact) mass is 446 g/mol. The van der Waals surface area contributed by atoms with E-state index in [0.717, 1.165) is 12.0 Å². The van der Waals surface area contributed by atoms with Crippen LogP contribution in [0.2, 0.25) is 0 Å². The summed E-state index contributed by atoms with van der Waals surface area (Å²) in [7, 11) is 0. The number of hydrogen-bond acceptors (Lipinski definition) is 7. The summed E-state index contributed by atoms with van der Waals surface area (Å²) in [5.41, 5.74) is 0.862. The standard InChI is InChI=1S/C23H30N2O5S/c1-4-13-30-18-8-7-16(14-19(18)28-5-2)15-20-21(26)24-23(31-20)25-11-9-17(10-12-25)22(27)29-6-3/h7-8,14-15,17H,4-6,9-13H2,1-3H3/b20-15+. The van der Waals surface area contributed by atoms with Gasteiger partial charge in [-0.3, -0.25) is 9.59 Å². The number of hydrogen-bond donors (Lipinski definition) is 0. The molecule has 0 bridgehead atoms. The van der Waals surface area contributed by atoms with Gasteiger partial charge < -0.3 is 19.1 Å². The highest BCUT2D eigenvalue weighted by Gasteiger charge is 2.31. The van der Waals surface area contributed by atoms with Crippen molar-refractivity contribution in [3.05, 3.63) is 28.7 Å². The zero-order valence-corrected chi connectivity index (χ0v) is 19.2. The van der Waals surface area contributed by atoms with Gasteiger partial charge in [-0.2, -0.15) is 4.99 Å². The molecule has 168 valence electrons. The second-order valence-corrected chi connectivity index (χ2v) is 8.32. The van der Waals surface area contributed by atoms with Crippen LogP contribution in [0.4, 0.5) is 0 Å². The average Bonchev–Trinajstić information content (AvgIpc) is 3.14. The van der Waals surface area contributed by atoms with E-state index in [9.17, 15) is 9.59 Å². The van der Waals surface area contributed by atoms with Crippen LogP contribution < -0.4 is 9.47 Å². The lowest BCUT2D eigenvalue weighted by Crippen LogP contribution is -2.39. The van der Waals surface area contributed by atoms with Gasteiger partial charge >= 0.3 is 5.97 Å². The van der Waals surface area contributed by atoms with Crippen molar-refractivity contribution in [1.82, 2.24) is 4.90 Å². The highest BCUT2D eigenvalue weighted by molar-refractivity contribution is 8.18. The van der Waals surface area contributed by atoms with E-state index in [1.165, 1.54) is 11.8 Å². The minimum atomic E-state index is -0.239. The molecule has 2 heterocycles. The molecule has 1 fully saturated rings. The highest BCUT2D eigenvalue weighted by Crippen LogP contribution is 2.34. The fraction of sp³-hybridized carbons (Fsp3) is 0.522. The summed E-state index contributed by atoms with van der Waals surface area (Å²) in [5.74, 6) is 0.938. The number of amides is 1. The van der Waals surface area contributed by atoms with Crippen molar-refractivity contribution in [3.63, 3.8) is 0 Å². The third-order valence-corrected chi connectivity index (χ3v) is 6.07. The minimum absolute atomic E-state index is 0.0701. The molecule has 7 nitrogen and oxygen atoms in total. The van der Waals surface area contributed by atoms with Crippen LogP contribution in [-0.2, 0) is 14.3 Å². The largest absolute Gasteiger partial charge is 0.490 e. The zero-order valence-electron chi connectivity index (χ0n) is 18.4. The average molecular weight is 447 g/mol. The third-order valence-electron chi connectivity index (χ3n) is 5.02. The van der Waals surface area contributed by atoms with E-state index in [4.69, 9.17) is 14.2 Å². The predicted molar refractivity (Wildman–Crippen MR) is 122 cm³/mol. The first-order chi connectivity index (χ1) is 15.0. The number of benzene rings is 1. The van der Waals surface area contributed by atoms with Crippen molar-refractivity contribution in [2.24, 2.45) is 10.9 Å². The fourth-order valence-corrected chi connectivity index (χ4v) is 4.43. The van der Waals surface area contributed by atoms with Crippen LogP contribution in [0.5, 0.6) is 11.5 Å². The molecule has 0 aliphatic carbocycles. The molecular formula is C23H30N2O5S. The molecule has 2 aliphatic heterocycles. The van der Waals surface area contributed by atoms with Crippen molar-refractivity contribution in [2.75, 3.05) is 32.9 Å². The number of amidine groups is 1. The Morgan fingerprint density at radius 3 is 2.61 bits per heavy atom. The fourth-order valence-electron chi connectivity index (χ4n) is 3.47. The Kier molecular flexibility index (Phi) is 8.40. The van der Waals surface area contributed by atoms with Crippen LogP contribution in [0.3, 0.4) is 0 Å². The molecule has 0 spiro atoms. The number of ether oxygens (including phenoxy) is 3. The van der Waals surface area contributed by atoms with Gasteiger partial charge in [0.05, 0.1) is 30.6 Å². The van der Waals surface area contributed by atoms with Gasteiger partial charge in [-0.25, -0.2) is 0 Å². The third kappa shape index (κ3) is 6.03. The summed E-state index contributed by atoms with van der Waals surface area (Å²) in [5, 5.41) is 0.700. The van der Waals surface area contributed by atoms with Crippen LogP contribution >= 0.6 is 11.8 Å². The molecule has 0 unspecified atom stereocenters. The first-order valence-corrected chi connectivity index (χ1v) is 11.7. The van der Waals surface area contributed by atoms with Crippen molar-refractivity contribution in [3.8, 4) is 11.5 Å². The van der Waals surface area contributed by atoms with Gasteiger partial charge in [-0.05, 0) is 68.6 Å². The topological polar surface area (TPSA) is 77.4 Å². The number of aliphatic imine (C=N–C) groups is 1. The quantitative estimate of drug-likeness (QED) is 0.439. The van der Waals surface area contributed by atoms with E-state index in [-0.39, 0.29) is 17.8 Å². The van der Waals surface area contributed by atoms with E-state index in [1.807, 2.05) is 38.1 Å². The summed E-state index contributed by atoms with van der Waals surface area (Å²) in [4.78, 5) is 31.3. The van der Waals surface area contributed by atoms with Gasteiger partial charge in [0.25, 0.3) is 5.91 Å². The molecule has 0 saturated carbocycles. The van der Waals surface area contributed by atoms with Crippen molar-refractivity contribution in [1.29, 1.82) is 0 Å². The molecule has 2 aliphatic rings. The lowest BCUT2D eigenvalue weighted by molar-refractivity contribution is -0.149. The molecular weight excluding hydrogens is 416 g/mol. The Balaban J connectivity index is 1.65. The Labute approximate surface area is 187 Å². The van der Waals surface area contributed by atoms with E-state index in [0.29, 0.717) is 67.3 Å². The van der Waals surface area contributed by atoms with Crippen LogP contribution in [-0.4, -0.2) is 54.9 Å². The van der Waals surface area contributed by atoms with Gasteiger partial charge in [-0.15, -0.1) is 0 Å².